The highest BCUT2D eigenvalue weighted by molar-refractivity contribution is 5.05. The zero-order valence-corrected chi connectivity index (χ0v) is 11.3. The summed E-state index contributed by atoms with van der Waals surface area (Å²) in [4.78, 5) is 23.5. The molecule has 0 amide bonds. The van der Waals surface area contributed by atoms with Crippen molar-refractivity contribution in [2.45, 2.75) is 38.8 Å². The molecule has 2 atom stereocenters. The second kappa shape index (κ2) is 5.10. The smallest absolute Gasteiger partial charge is 0.309 e. The van der Waals surface area contributed by atoms with E-state index < -0.39 is 0 Å². The van der Waals surface area contributed by atoms with Gasteiger partial charge in [-0.1, -0.05) is 13.3 Å². The molecule has 1 aromatic heterocycles. The van der Waals surface area contributed by atoms with Crippen molar-refractivity contribution in [3.63, 3.8) is 0 Å². The quantitative estimate of drug-likeness (QED) is 0.844. The van der Waals surface area contributed by atoms with Crippen LogP contribution in [0, 0.1) is 5.92 Å². The van der Waals surface area contributed by atoms with Crippen LogP contribution in [0.1, 0.15) is 31.7 Å². The number of hydrogen-bond donors (Lipinski definition) is 1. The summed E-state index contributed by atoms with van der Waals surface area (Å²) in [5.41, 5.74) is 0.174. The number of rotatable bonds is 3. The number of nitrogens with one attached hydrogen (secondary N) is 1. The summed E-state index contributed by atoms with van der Waals surface area (Å²) >= 11 is 0. The molecule has 1 aromatic rings. The molecule has 1 aliphatic rings. The third kappa shape index (κ3) is 2.41. The van der Waals surface area contributed by atoms with Gasteiger partial charge in [-0.15, -0.1) is 0 Å². The fourth-order valence-corrected chi connectivity index (χ4v) is 2.69. The Hall–Kier alpha value is -1.36. The normalized spacial score (nSPS) is 23.5. The minimum absolute atomic E-state index is 0.198. The zero-order valence-electron chi connectivity index (χ0n) is 11.3. The molecule has 1 saturated carbocycles. The van der Waals surface area contributed by atoms with E-state index in [-0.39, 0.29) is 11.2 Å². The summed E-state index contributed by atoms with van der Waals surface area (Å²) in [6, 6.07) is 0.493. The predicted molar refractivity (Wildman–Crippen MR) is 70.6 cm³/mol. The first kappa shape index (κ1) is 13.1. The van der Waals surface area contributed by atoms with E-state index in [4.69, 9.17) is 0 Å². The van der Waals surface area contributed by atoms with Gasteiger partial charge in [0.25, 0.3) is 5.56 Å². The molecule has 0 aromatic carbocycles. The lowest BCUT2D eigenvalue weighted by Crippen LogP contribution is -2.41. The van der Waals surface area contributed by atoms with Crippen molar-refractivity contribution in [2.24, 2.45) is 20.0 Å². The Kier molecular flexibility index (Phi) is 3.71. The molecular formula is C13H21N3O2. The van der Waals surface area contributed by atoms with Crippen LogP contribution in [0.4, 0.5) is 0 Å². The van der Waals surface area contributed by atoms with Crippen LogP contribution in [0.25, 0.3) is 0 Å². The molecule has 18 heavy (non-hydrogen) atoms. The van der Waals surface area contributed by atoms with Crippen LogP contribution >= 0.6 is 0 Å². The van der Waals surface area contributed by atoms with Crippen LogP contribution in [0.15, 0.2) is 15.8 Å². The van der Waals surface area contributed by atoms with Gasteiger partial charge in [-0.25, -0.2) is 4.79 Å². The Morgan fingerprint density at radius 2 is 2.06 bits per heavy atom. The summed E-state index contributed by atoms with van der Waals surface area (Å²) in [7, 11) is 3.19. The van der Waals surface area contributed by atoms with E-state index >= 15 is 0 Å². The Morgan fingerprint density at radius 3 is 2.67 bits per heavy atom. The van der Waals surface area contributed by atoms with Gasteiger partial charge in [-0.05, 0) is 18.8 Å². The van der Waals surface area contributed by atoms with E-state index in [0.717, 1.165) is 4.57 Å². The zero-order chi connectivity index (χ0) is 13.3. The lowest BCUT2D eigenvalue weighted by molar-refractivity contribution is 0.423. The van der Waals surface area contributed by atoms with Gasteiger partial charge in [-0.3, -0.25) is 9.36 Å². The topological polar surface area (TPSA) is 56.0 Å². The summed E-state index contributed by atoms with van der Waals surface area (Å²) < 4.78 is 2.62. The highest BCUT2D eigenvalue weighted by Crippen LogP contribution is 2.24. The van der Waals surface area contributed by atoms with Crippen molar-refractivity contribution in [3.8, 4) is 0 Å². The molecule has 2 rings (SSSR count). The van der Waals surface area contributed by atoms with Gasteiger partial charge >= 0.3 is 5.69 Å². The average Bonchev–Trinajstić information content (AvgIpc) is 2.75. The number of hydrogen-bond acceptors (Lipinski definition) is 3. The van der Waals surface area contributed by atoms with E-state index in [9.17, 15) is 9.59 Å². The van der Waals surface area contributed by atoms with Crippen molar-refractivity contribution in [1.82, 2.24) is 14.5 Å². The summed E-state index contributed by atoms with van der Waals surface area (Å²) in [5, 5.41) is 3.43. The molecule has 0 radical (unpaired) electrons. The minimum Gasteiger partial charge on any atom is -0.309 e. The molecule has 1 heterocycles. The fourth-order valence-electron chi connectivity index (χ4n) is 2.69. The van der Waals surface area contributed by atoms with E-state index in [2.05, 4.69) is 12.2 Å². The molecule has 1 N–H and O–H groups in total. The molecule has 5 heteroatoms. The minimum atomic E-state index is -0.280. The molecule has 1 fully saturated rings. The van der Waals surface area contributed by atoms with Gasteiger partial charge in [0, 0.05) is 38.4 Å². The van der Waals surface area contributed by atoms with E-state index in [1.54, 1.807) is 13.2 Å². The Morgan fingerprint density at radius 1 is 1.33 bits per heavy atom. The monoisotopic (exact) mass is 251 g/mol. The summed E-state index contributed by atoms with van der Waals surface area (Å²) in [6.07, 6.45) is 5.32. The molecular weight excluding hydrogens is 230 g/mol. The number of aromatic nitrogens is 2. The second-order valence-corrected chi connectivity index (χ2v) is 5.31. The van der Waals surface area contributed by atoms with Gasteiger partial charge in [0.2, 0.25) is 0 Å². The number of nitrogens with zero attached hydrogens (tertiary/aromatic N) is 2. The largest absolute Gasteiger partial charge is 0.330 e. The van der Waals surface area contributed by atoms with Crippen molar-refractivity contribution in [2.75, 3.05) is 0 Å². The Bertz CT molecular complexity index is 544. The maximum atomic E-state index is 11.9. The van der Waals surface area contributed by atoms with Crippen molar-refractivity contribution < 1.29 is 0 Å². The van der Waals surface area contributed by atoms with Crippen LogP contribution in [-0.4, -0.2) is 15.2 Å². The highest BCUT2D eigenvalue weighted by atomic mass is 16.2. The Labute approximate surface area is 106 Å². The van der Waals surface area contributed by atoms with Gasteiger partial charge in [0.05, 0.1) is 0 Å². The van der Waals surface area contributed by atoms with Gasteiger partial charge in [-0.2, -0.15) is 0 Å². The lowest BCUT2D eigenvalue weighted by Gasteiger charge is -2.17. The van der Waals surface area contributed by atoms with Gasteiger partial charge in [0.1, 0.15) is 0 Å². The van der Waals surface area contributed by atoms with Crippen LogP contribution in [-0.2, 0) is 20.6 Å². The predicted octanol–water partition coefficient (Wildman–Crippen LogP) is 0.362. The number of aryl methyl sites for hydroxylation is 1. The second-order valence-electron chi connectivity index (χ2n) is 5.31. The van der Waals surface area contributed by atoms with Crippen LogP contribution < -0.4 is 16.6 Å². The molecule has 1 aliphatic carbocycles. The molecule has 100 valence electrons. The first-order chi connectivity index (χ1) is 8.50. The fraction of sp³-hybridized carbons (Fsp3) is 0.692. The standard InChI is InChI=1S/C13H21N3O2/c1-9-5-4-6-11(9)14-7-10-8-15(2)13(18)16(3)12(10)17/h8-9,11,14H,4-7H2,1-3H3. The molecule has 0 saturated heterocycles. The summed E-state index contributed by atoms with van der Waals surface area (Å²) in [6.45, 7) is 2.78. The van der Waals surface area contributed by atoms with Crippen molar-refractivity contribution in [1.29, 1.82) is 0 Å². The summed E-state index contributed by atoms with van der Waals surface area (Å²) in [5.74, 6) is 0.668. The molecule has 5 nitrogen and oxygen atoms in total. The van der Waals surface area contributed by atoms with Crippen LogP contribution in [0.2, 0.25) is 0 Å². The van der Waals surface area contributed by atoms with Crippen LogP contribution in [0.5, 0.6) is 0 Å². The first-order valence-electron chi connectivity index (χ1n) is 6.49. The van der Waals surface area contributed by atoms with Gasteiger partial charge < -0.3 is 9.88 Å². The van der Waals surface area contributed by atoms with E-state index in [1.807, 2.05) is 0 Å². The molecule has 0 bridgehead atoms. The lowest BCUT2D eigenvalue weighted by atomic mass is 10.1. The maximum Gasteiger partial charge on any atom is 0.330 e. The average molecular weight is 251 g/mol. The van der Waals surface area contributed by atoms with Crippen molar-refractivity contribution in [3.05, 3.63) is 32.6 Å². The van der Waals surface area contributed by atoms with Gasteiger partial charge in [0.15, 0.2) is 0 Å². The molecule has 0 aliphatic heterocycles. The first-order valence-corrected chi connectivity index (χ1v) is 6.49. The van der Waals surface area contributed by atoms with Crippen molar-refractivity contribution >= 4 is 0 Å². The maximum absolute atomic E-state index is 11.9. The van der Waals surface area contributed by atoms with E-state index in [1.165, 1.54) is 30.9 Å². The molecule has 2 unspecified atom stereocenters. The Balaban J connectivity index is 2.15. The highest BCUT2D eigenvalue weighted by Gasteiger charge is 2.22. The third-order valence-electron chi connectivity index (χ3n) is 3.93. The molecule has 0 spiro atoms. The van der Waals surface area contributed by atoms with Crippen LogP contribution in [0.3, 0.4) is 0 Å². The third-order valence-corrected chi connectivity index (χ3v) is 3.93. The SMILES string of the molecule is CC1CCCC1NCc1cn(C)c(=O)n(C)c1=O. The van der Waals surface area contributed by atoms with E-state index in [0.29, 0.717) is 24.1 Å².